The fourth-order valence-corrected chi connectivity index (χ4v) is 2.53. The predicted octanol–water partition coefficient (Wildman–Crippen LogP) is 2.25. The summed E-state index contributed by atoms with van der Waals surface area (Å²) in [5, 5.41) is 0. The molecular formula is C12H15BrN2O. The maximum Gasteiger partial charge on any atom is 0.228 e. The number of benzene rings is 1. The van der Waals surface area contributed by atoms with Gasteiger partial charge in [-0.05, 0) is 12.1 Å². The molecule has 1 atom stereocenters. The molecule has 2 rings (SSSR count). The van der Waals surface area contributed by atoms with Crippen molar-refractivity contribution in [3.05, 3.63) is 24.3 Å². The average Bonchev–Trinajstić information content (AvgIpc) is 2.57. The highest BCUT2D eigenvalue weighted by Crippen LogP contribution is 2.32. The van der Waals surface area contributed by atoms with Crippen molar-refractivity contribution in [1.82, 2.24) is 0 Å². The molecule has 86 valence electrons. The monoisotopic (exact) mass is 282 g/mol. The molecule has 1 aromatic carbocycles. The molecule has 0 N–H and O–H groups in total. The van der Waals surface area contributed by atoms with Crippen LogP contribution in [0, 0.1) is 0 Å². The van der Waals surface area contributed by atoms with Gasteiger partial charge in [-0.15, -0.1) is 0 Å². The van der Waals surface area contributed by atoms with Crippen molar-refractivity contribution in [1.29, 1.82) is 0 Å². The Hall–Kier alpha value is -1.03. The lowest BCUT2D eigenvalue weighted by atomic mass is 10.2. The SMILES string of the molecule is CN(C)c1ccccc1N1CC(Br)CC1=O. The second kappa shape index (κ2) is 4.45. The van der Waals surface area contributed by atoms with Crippen LogP contribution in [0.1, 0.15) is 6.42 Å². The molecule has 1 aromatic rings. The third-order valence-corrected chi connectivity index (χ3v) is 3.35. The minimum Gasteiger partial charge on any atom is -0.376 e. The molecule has 0 radical (unpaired) electrons. The maximum absolute atomic E-state index is 11.8. The van der Waals surface area contributed by atoms with Crippen molar-refractivity contribution in [2.45, 2.75) is 11.2 Å². The van der Waals surface area contributed by atoms with Gasteiger partial charge in [0.05, 0.1) is 11.4 Å². The molecule has 16 heavy (non-hydrogen) atoms. The van der Waals surface area contributed by atoms with Crippen LogP contribution in [0.5, 0.6) is 0 Å². The number of anilines is 2. The van der Waals surface area contributed by atoms with Gasteiger partial charge < -0.3 is 9.80 Å². The van der Waals surface area contributed by atoms with Crippen molar-refractivity contribution in [3.63, 3.8) is 0 Å². The number of para-hydroxylation sites is 2. The van der Waals surface area contributed by atoms with E-state index in [1.807, 2.05) is 48.2 Å². The Morgan fingerprint density at radius 1 is 1.38 bits per heavy atom. The van der Waals surface area contributed by atoms with E-state index in [-0.39, 0.29) is 10.7 Å². The number of hydrogen-bond acceptors (Lipinski definition) is 2. The van der Waals surface area contributed by atoms with Crippen LogP contribution in [0.15, 0.2) is 24.3 Å². The van der Waals surface area contributed by atoms with Gasteiger partial charge in [0.15, 0.2) is 0 Å². The first-order valence-corrected chi connectivity index (χ1v) is 6.22. The second-order valence-corrected chi connectivity index (χ2v) is 5.48. The Morgan fingerprint density at radius 2 is 2.06 bits per heavy atom. The van der Waals surface area contributed by atoms with E-state index in [2.05, 4.69) is 15.9 Å². The summed E-state index contributed by atoms with van der Waals surface area (Å²) in [7, 11) is 3.98. The fourth-order valence-electron chi connectivity index (χ4n) is 1.97. The normalized spacial score (nSPS) is 20.3. The van der Waals surface area contributed by atoms with Gasteiger partial charge in [-0.25, -0.2) is 0 Å². The van der Waals surface area contributed by atoms with E-state index in [1.165, 1.54) is 0 Å². The molecule has 0 aromatic heterocycles. The highest BCUT2D eigenvalue weighted by Gasteiger charge is 2.30. The summed E-state index contributed by atoms with van der Waals surface area (Å²) in [5.41, 5.74) is 2.08. The molecule has 0 bridgehead atoms. The number of hydrogen-bond donors (Lipinski definition) is 0. The van der Waals surface area contributed by atoms with Crippen LogP contribution >= 0.6 is 15.9 Å². The van der Waals surface area contributed by atoms with Crippen LogP contribution in [0.3, 0.4) is 0 Å². The molecule has 1 saturated heterocycles. The number of rotatable bonds is 2. The number of carbonyl (C=O) groups is 1. The molecule has 0 saturated carbocycles. The maximum atomic E-state index is 11.8. The zero-order valence-corrected chi connectivity index (χ0v) is 11.1. The van der Waals surface area contributed by atoms with Gasteiger partial charge in [0.25, 0.3) is 0 Å². The number of carbonyl (C=O) groups excluding carboxylic acids is 1. The lowest BCUT2D eigenvalue weighted by Crippen LogP contribution is -2.26. The Balaban J connectivity index is 2.36. The van der Waals surface area contributed by atoms with E-state index < -0.39 is 0 Å². The first-order chi connectivity index (χ1) is 7.59. The Morgan fingerprint density at radius 3 is 2.62 bits per heavy atom. The first-order valence-electron chi connectivity index (χ1n) is 5.30. The lowest BCUT2D eigenvalue weighted by molar-refractivity contribution is -0.117. The zero-order valence-electron chi connectivity index (χ0n) is 9.48. The third kappa shape index (κ3) is 2.07. The van der Waals surface area contributed by atoms with E-state index in [9.17, 15) is 4.79 Å². The number of alkyl halides is 1. The highest BCUT2D eigenvalue weighted by molar-refractivity contribution is 9.09. The summed E-state index contributed by atoms with van der Waals surface area (Å²) >= 11 is 3.50. The van der Waals surface area contributed by atoms with Crippen LogP contribution in [-0.2, 0) is 4.79 Å². The Kier molecular flexibility index (Phi) is 3.19. The molecule has 4 heteroatoms. The van der Waals surface area contributed by atoms with Gasteiger partial charge in [0.1, 0.15) is 0 Å². The molecule has 0 spiro atoms. The Labute approximate surface area is 104 Å². The minimum atomic E-state index is 0.191. The summed E-state index contributed by atoms with van der Waals surface area (Å²) in [6.07, 6.45) is 0.585. The molecule has 3 nitrogen and oxygen atoms in total. The van der Waals surface area contributed by atoms with Crippen LogP contribution in [0.25, 0.3) is 0 Å². The largest absolute Gasteiger partial charge is 0.376 e. The van der Waals surface area contributed by atoms with E-state index in [0.717, 1.165) is 17.9 Å². The second-order valence-electron chi connectivity index (χ2n) is 4.19. The predicted molar refractivity (Wildman–Crippen MR) is 70.5 cm³/mol. The summed E-state index contributed by atoms with van der Waals surface area (Å²) < 4.78 is 0. The van der Waals surface area contributed by atoms with E-state index in [1.54, 1.807) is 0 Å². The van der Waals surface area contributed by atoms with Crippen LogP contribution < -0.4 is 9.80 Å². The van der Waals surface area contributed by atoms with Crippen molar-refractivity contribution in [2.75, 3.05) is 30.4 Å². The van der Waals surface area contributed by atoms with Crippen molar-refractivity contribution >= 4 is 33.2 Å². The molecule has 1 amide bonds. The molecule has 0 aliphatic carbocycles. The summed E-state index contributed by atoms with van der Waals surface area (Å²) in [6, 6.07) is 7.99. The zero-order chi connectivity index (χ0) is 11.7. The van der Waals surface area contributed by atoms with Gasteiger partial charge >= 0.3 is 0 Å². The van der Waals surface area contributed by atoms with Crippen molar-refractivity contribution < 1.29 is 4.79 Å². The van der Waals surface area contributed by atoms with Crippen molar-refractivity contribution in [2.24, 2.45) is 0 Å². The van der Waals surface area contributed by atoms with Gasteiger partial charge in [-0.3, -0.25) is 4.79 Å². The number of nitrogens with zero attached hydrogens (tertiary/aromatic N) is 2. The average molecular weight is 283 g/mol. The lowest BCUT2D eigenvalue weighted by Gasteiger charge is -2.23. The van der Waals surface area contributed by atoms with Gasteiger partial charge in [0, 0.05) is 31.9 Å². The fraction of sp³-hybridized carbons (Fsp3) is 0.417. The molecule has 1 heterocycles. The van der Waals surface area contributed by atoms with Crippen LogP contribution in [0.2, 0.25) is 0 Å². The first kappa shape index (κ1) is 11.5. The van der Waals surface area contributed by atoms with E-state index in [4.69, 9.17) is 0 Å². The summed E-state index contributed by atoms with van der Waals surface area (Å²) in [5.74, 6) is 0.191. The smallest absolute Gasteiger partial charge is 0.228 e. The van der Waals surface area contributed by atoms with E-state index in [0.29, 0.717) is 6.42 Å². The number of amides is 1. The Bertz CT molecular complexity index is 406. The summed E-state index contributed by atoms with van der Waals surface area (Å²) in [4.78, 5) is 16.0. The topological polar surface area (TPSA) is 23.6 Å². The van der Waals surface area contributed by atoms with Crippen LogP contribution in [-0.4, -0.2) is 31.4 Å². The minimum absolute atomic E-state index is 0.191. The summed E-state index contributed by atoms with van der Waals surface area (Å²) in [6.45, 7) is 0.754. The molecular weight excluding hydrogens is 268 g/mol. The number of halogens is 1. The van der Waals surface area contributed by atoms with Gasteiger partial charge in [-0.2, -0.15) is 0 Å². The van der Waals surface area contributed by atoms with Crippen molar-refractivity contribution in [3.8, 4) is 0 Å². The van der Waals surface area contributed by atoms with Gasteiger partial charge in [0.2, 0.25) is 5.91 Å². The quantitative estimate of drug-likeness (QED) is 0.777. The van der Waals surface area contributed by atoms with E-state index >= 15 is 0 Å². The molecule has 1 aliphatic heterocycles. The molecule has 1 unspecified atom stereocenters. The molecule has 1 aliphatic rings. The van der Waals surface area contributed by atoms with Crippen LogP contribution in [0.4, 0.5) is 11.4 Å². The van der Waals surface area contributed by atoms with Gasteiger partial charge in [-0.1, -0.05) is 28.1 Å². The highest BCUT2D eigenvalue weighted by atomic mass is 79.9. The standard InChI is InChI=1S/C12H15BrN2O/c1-14(2)10-5-3-4-6-11(10)15-8-9(13)7-12(15)16/h3-6,9H,7-8H2,1-2H3. The molecule has 1 fully saturated rings. The third-order valence-electron chi connectivity index (χ3n) is 2.73.